The summed E-state index contributed by atoms with van der Waals surface area (Å²) in [7, 11) is 3.66. The zero-order valence-corrected chi connectivity index (χ0v) is 18.9. The standard InChI is InChI=1S/C23H25N3O2S2/c1-25(17-11-5-8-14-7-3-4-9-15(14)17)19(27)13-29-23-24-21-20(22(28)26(23)2)16-10-6-12-18(16)30-21/h3-4,7,9,17H,5-6,8,10-13H2,1-2H3. The molecule has 1 aromatic carbocycles. The van der Waals surface area contributed by atoms with Gasteiger partial charge in [-0.2, -0.15) is 0 Å². The van der Waals surface area contributed by atoms with Crippen molar-refractivity contribution in [3.63, 3.8) is 0 Å². The number of rotatable bonds is 4. The van der Waals surface area contributed by atoms with E-state index >= 15 is 0 Å². The summed E-state index contributed by atoms with van der Waals surface area (Å²) in [5.41, 5.74) is 3.83. The van der Waals surface area contributed by atoms with Crippen LogP contribution in [0, 0.1) is 0 Å². The first-order valence-electron chi connectivity index (χ1n) is 10.5. The summed E-state index contributed by atoms with van der Waals surface area (Å²) in [6, 6.07) is 8.56. The molecule has 30 heavy (non-hydrogen) atoms. The summed E-state index contributed by atoms with van der Waals surface area (Å²) in [6.07, 6.45) is 6.33. The van der Waals surface area contributed by atoms with Gasteiger partial charge in [-0.3, -0.25) is 14.2 Å². The number of benzene rings is 1. The van der Waals surface area contributed by atoms with Gasteiger partial charge in [0.1, 0.15) is 4.83 Å². The second-order valence-electron chi connectivity index (χ2n) is 8.20. The minimum Gasteiger partial charge on any atom is -0.338 e. The number of aromatic nitrogens is 2. The molecule has 3 aromatic rings. The van der Waals surface area contributed by atoms with E-state index in [9.17, 15) is 9.59 Å². The number of nitrogens with zero attached hydrogens (tertiary/aromatic N) is 3. The van der Waals surface area contributed by atoms with Crippen molar-refractivity contribution in [2.24, 2.45) is 7.05 Å². The van der Waals surface area contributed by atoms with Crippen molar-refractivity contribution in [1.82, 2.24) is 14.5 Å². The first kappa shape index (κ1) is 19.8. The Kier molecular flexibility index (Phi) is 5.19. The van der Waals surface area contributed by atoms with Crippen molar-refractivity contribution in [2.45, 2.75) is 49.7 Å². The number of fused-ring (bicyclic) bond motifs is 4. The van der Waals surface area contributed by atoms with Gasteiger partial charge in [-0.15, -0.1) is 11.3 Å². The average molecular weight is 440 g/mol. The van der Waals surface area contributed by atoms with Crippen LogP contribution >= 0.6 is 23.1 Å². The number of carbonyl (C=O) groups excluding carboxylic acids is 1. The molecule has 0 saturated carbocycles. The van der Waals surface area contributed by atoms with Gasteiger partial charge in [0.2, 0.25) is 5.91 Å². The predicted molar refractivity (Wildman–Crippen MR) is 123 cm³/mol. The van der Waals surface area contributed by atoms with Gasteiger partial charge in [0.25, 0.3) is 5.56 Å². The lowest BCUT2D eigenvalue weighted by Gasteiger charge is -2.33. The maximum atomic E-state index is 13.0. The highest BCUT2D eigenvalue weighted by atomic mass is 32.2. The molecule has 1 unspecified atom stereocenters. The molecule has 0 saturated heterocycles. The maximum absolute atomic E-state index is 13.0. The molecular weight excluding hydrogens is 414 g/mol. The van der Waals surface area contributed by atoms with Gasteiger partial charge in [0.15, 0.2) is 5.16 Å². The average Bonchev–Trinajstić information content (AvgIpc) is 3.35. The van der Waals surface area contributed by atoms with E-state index in [1.807, 2.05) is 11.9 Å². The van der Waals surface area contributed by atoms with Crippen LogP contribution in [0.2, 0.25) is 0 Å². The number of hydrogen-bond acceptors (Lipinski definition) is 5. The monoisotopic (exact) mass is 439 g/mol. The molecule has 156 valence electrons. The van der Waals surface area contributed by atoms with E-state index in [0.717, 1.165) is 48.7 Å². The van der Waals surface area contributed by atoms with E-state index in [1.165, 1.54) is 33.3 Å². The molecule has 0 aliphatic heterocycles. The van der Waals surface area contributed by atoms with Crippen molar-refractivity contribution in [3.8, 4) is 0 Å². The third kappa shape index (κ3) is 3.28. The summed E-state index contributed by atoms with van der Waals surface area (Å²) in [5.74, 6) is 0.358. The smallest absolute Gasteiger partial charge is 0.262 e. The number of thioether (sulfide) groups is 1. The van der Waals surface area contributed by atoms with E-state index in [-0.39, 0.29) is 23.3 Å². The topological polar surface area (TPSA) is 55.2 Å². The van der Waals surface area contributed by atoms with Gasteiger partial charge in [0, 0.05) is 19.0 Å². The van der Waals surface area contributed by atoms with Crippen LogP contribution in [0.3, 0.4) is 0 Å². The van der Waals surface area contributed by atoms with Crippen LogP contribution < -0.4 is 5.56 Å². The van der Waals surface area contributed by atoms with Gasteiger partial charge < -0.3 is 4.90 Å². The molecule has 1 atom stereocenters. The van der Waals surface area contributed by atoms with Crippen LogP contribution in [0.15, 0.2) is 34.2 Å². The van der Waals surface area contributed by atoms with Crippen LogP contribution in [0.5, 0.6) is 0 Å². The molecule has 0 bridgehead atoms. The molecule has 0 fully saturated rings. The largest absolute Gasteiger partial charge is 0.338 e. The van der Waals surface area contributed by atoms with Gasteiger partial charge in [-0.25, -0.2) is 4.98 Å². The molecule has 2 heterocycles. The summed E-state index contributed by atoms with van der Waals surface area (Å²) in [4.78, 5) is 34.7. The summed E-state index contributed by atoms with van der Waals surface area (Å²) >= 11 is 3.01. The van der Waals surface area contributed by atoms with Crippen LogP contribution in [0.25, 0.3) is 10.2 Å². The lowest BCUT2D eigenvalue weighted by Crippen LogP contribution is -2.34. The Morgan fingerprint density at radius 2 is 2.10 bits per heavy atom. The Morgan fingerprint density at radius 1 is 1.27 bits per heavy atom. The summed E-state index contributed by atoms with van der Waals surface area (Å²) in [6.45, 7) is 0. The minimum atomic E-state index is 0.0175. The predicted octanol–water partition coefficient (Wildman–Crippen LogP) is 4.11. The highest BCUT2D eigenvalue weighted by Gasteiger charge is 2.27. The Balaban J connectivity index is 1.35. The molecule has 2 aliphatic carbocycles. The third-order valence-corrected chi connectivity index (χ3v) is 8.63. The van der Waals surface area contributed by atoms with E-state index < -0.39 is 0 Å². The fourth-order valence-corrected chi connectivity index (χ4v) is 6.97. The number of hydrogen-bond donors (Lipinski definition) is 0. The van der Waals surface area contributed by atoms with Crippen molar-refractivity contribution in [1.29, 1.82) is 0 Å². The van der Waals surface area contributed by atoms with Crippen molar-refractivity contribution in [2.75, 3.05) is 12.8 Å². The van der Waals surface area contributed by atoms with Crippen molar-refractivity contribution in [3.05, 3.63) is 56.2 Å². The fourth-order valence-electron chi connectivity index (χ4n) is 4.77. The second kappa shape index (κ2) is 7.85. The van der Waals surface area contributed by atoms with Gasteiger partial charge >= 0.3 is 0 Å². The van der Waals surface area contributed by atoms with E-state index in [0.29, 0.717) is 5.16 Å². The number of thiophene rings is 1. The van der Waals surface area contributed by atoms with Crippen LogP contribution in [0.1, 0.15) is 46.9 Å². The van der Waals surface area contributed by atoms with E-state index in [1.54, 1.807) is 23.0 Å². The Bertz CT molecular complexity index is 1200. The van der Waals surface area contributed by atoms with Crippen LogP contribution in [-0.2, 0) is 31.1 Å². The Hall–Kier alpha value is -2.12. The molecule has 0 spiro atoms. The lowest BCUT2D eigenvalue weighted by atomic mass is 9.87. The zero-order valence-electron chi connectivity index (χ0n) is 17.3. The molecule has 5 rings (SSSR count). The molecule has 5 nitrogen and oxygen atoms in total. The quantitative estimate of drug-likeness (QED) is 0.453. The highest BCUT2D eigenvalue weighted by Crippen LogP contribution is 2.36. The molecule has 0 N–H and O–H groups in total. The maximum Gasteiger partial charge on any atom is 0.262 e. The molecule has 2 aromatic heterocycles. The van der Waals surface area contributed by atoms with Gasteiger partial charge in [0.05, 0.1) is 17.2 Å². The van der Waals surface area contributed by atoms with Crippen LogP contribution in [0.4, 0.5) is 0 Å². The van der Waals surface area contributed by atoms with Crippen molar-refractivity contribution >= 4 is 39.2 Å². The van der Waals surface area contributed by atoms with E-state index in [4.69, 9.17) is 4.98 Å². The van der Waals surface area contributed by atoms with Crippen molar-refractivity contribution < 1.29 is 4.79 Å². The molecule has 1 amide bonds. The van der Waals surface area contributed by atoms with E-state index in [2.05, 4.69) is 24.3 Å². The first-order chi connectivity index (χ1) is 14.5. The zero-order chi connectivity index (χ0) is 20.8. The molecule has 7 heteroatoms. The second-order valence-corrected chi connectivity index (χ2v) is 10.2. The Labute approximate surface area is 184 Å². The molecule has 0 radical (unpaired) electrons. The lowest BCUT2D eigenvalue weighted by molar-refractivity contribution is -0.129. The van der Waals surface area contributed by atoms with Crippen LogP contribution in [-0.4, -0.2) is 33.2 Å². The summed E-state index contributed by atoms with van der Waals surface area (Å²) in [5, 5.41) is 1.42. The normalized spacial score (nSPS) is 17.7. The highest BCUT2D eigenvalue weighted by molar-refractivity contribution is 7.99. The number of carbonyl (C=O) groups is 1. The fraction of sp³-hybridized carbons (Fsp3) is 0.435. The number of aryl methyl sites for hydroxylation is 3. The SMILES string of the molecule is CN(C(=O)CSc1nc2sc3c(c2c(=O)n1C)CCC3)C1CCCc2ccccc21. The molecular formula is C23H25N3O2S2. The van der Waals surface area contributed by atoms with Gasteiger partial charge in [-0.05, 0) is 55.2 Å². The van der Waals surface area contributed by atoms with Gasteiger partial charge in [-0.1, -0.05) is 36.0 Å². The Morgan fingerprint density at radius 3 is 2.97 bits per heavy atom. The number of amides is 1. The summed E-state index contributed by atoms with van der Waals surface area (Å²) < 4.78 is 1.61. The minimum absolute atomic E-state index is 0.0175. The third-order valence-electron chi connectivity index (χ3n) is 6.43. The first-order valence-corrected chi connectivity index (χ1v) is 12.3. The molecule has 2 aliphatic rings.